The van der Waals surface area contributed by atoms with Gasteiger partial charge in [0.2, 0.25) is 0 Å². The Morgan fingerprint density at radius 1 is 1.20 bits per heavy atom. The number of anilines is 1. The van der Waals surface area contributed by atoms with Gasteiger partial charge < -0.3 is 14.8 Å². The average Bonchev–Trinajstić information content (AvgIpc) is 2.82. The van der Waals surface area contributed by atoms with E-state index in [4.69, 9.17) is 4.74 Å². The molecule has 0 amide bonds. The Bertz CT molecular complexity index is 572. The number of thiophene rings is 1. The fourth-order valence-electron chi connectivity index (χ4n) is 1.74. The zero-order chi connectivity index (χ0) is 14.5. The maximum absolute atomic E-state index is 12.3. The Labute approximate surface area is 120 Å². The number of halogens is 2. The van der Waals surface area contributed by atoms with E-state index in [2.05, 4.69) is 10.1 Å². The van der Waals surface area contributed by atoms with Crippen LogP contribution in [-0.4, -0.2) is 13.7 Å². The lowest BCUT2D eigenvalue weighted by Gasteiger charge is -2.12. The Balaban J connectivity index is 2.07. The van der Waals surface area contributed by atoms with Crippen LogP contribution in [0.5, 0.6) is 11.5 Å². The predicted octanol–water partition coefficient (Wildman–Crippen LogP) is 4.28. The second-order valence-corrected chi connectivity index (χ2v) is 5.48. The fraction of sp³-hybridized carbons (Fsp3) is 0.286. The first-order valence-corrected chi connectivity index (χ1v) is 6.82. The molecule has 0 aliphatic carbocycles. The summed E-state index contributed by atoms with van der Waals surface area (Å²) in [7, 11) is 1.41. The van der Waals surface area contributed by atoms with Gasteiger partial charge in [0, 0.05) is 28.1 Å². The molecule has 1 aromatic carbocycles. The summed E-state index contributed by atoms with van der Waals surface area (Å²) in [5.41, 5.74) is 0.701. The van der Waals surface area contributed by atoms with E-state index >= 15 is 0 Å². The van der Waals surface area contributed by atoms with E-state index in [0.717, 1.165) is 0 Å². The number of alkyl halides is 2. The van der Waals surface area contributed by atoms with E-state index in [0.29, 0.717) is 12.2 Å². The van der Waals surface area contributed by atoms with Crippen LogP contribution in [0.3, 0.4) is 0 Å². The van der Waals surface area contributed by atoms with Gasteiger partial charge in [-0.15, -0.1) is 11.3 Å². The van der Waals surface area contributed by atoms with Crippen molar-refractivity contribution in [3.8, 4) is 11.5 Å². The minimum absolute atomic E-state index is 0.0230. The van der Waals surface area contributed by atoms with Crippen LogP contribution in [0.15, 0.2) is 30.3 Å². The van der Waals surface area contributed by atoms with Crippen molar-refractivity contribution >= 4 is 17.0 Å². The van der Waals surface area contributed by atoms with Gasteiger partial charge in [0.05, 0.1) is 7.11 Å². The summed E-state index contributed by atoms with van der Waals surface area (Å²) in [4.78, 5) is 2.41. The minimum Gasteiger partial charge on any atom is -0.493 e. The summed E-state index contributed by atoms with van der Waals surface area (Å²) < 4.78 is 34.1. The molecule has 0 bridgehead atoms. The standard InChI is InChI=1S/C14H15F2NO2S/c1-9-3-5-11(20-9)8-17-10-4-6-12(18-2)13(7-10)19-14(15)16/h3-7,14,17H,8H2,1-2H3. The first-order chi connectivity index (χ1) is 9.58. The molecule has 0 saturated carbocycles. The van der Waals surface area contributed by atoms with Gasteiger partial charge in [-0.05, 0) is 31.2 Å². The molecule has 0 saturated heterocycles. The molecule has 0 unspecified atom stereocenters. The second kappa shape index (κ2) is 6.56. The Hall–Kier alpha value is -1.82. The molecule has 1 heterocycles. The number of rotatable bonds is 6. The molecule has 2 rings (SSSR count). The molecule has 6 heteroatoms. The zero-order valence-corrected chi connectivity index (χ0v) is 12.0. The van der Waals surface area contributed by atoms with E-state index < -0.39 is 6.61 Å². The summed E-state index contributed by atoms with van der Waals surface area (Å²) in [5, 5.41) is 3.17. The quantitative estimate of drug-likeness (QED) is 0.863. The molecule has 0 fully saturated rings. The number of ether oxygens (including phenoxy) is 2. The smallest absolute Gasteiger partial charge is 0.387 e. The number of hydrogen-bond donors (Lipinski definition) is 1. The third kappa shape index (κ3) is 3.84. The van der Waals surface area contributed by atoms with Gasteiger partial charge in [-0.3, -0.25) is 0 Å². The van der Waals surface area contributed by atoms with Crippen molar-refractivity contribution < 1.29 is 18.3 Å². The van der Waals surface area contributed by atoms with E-state index in [9.17, 15) is 8.78 Å². The maximum atomic E-state index is 12.3. The lowest BCUT2D eigenvalue weighted by Crippen LogP contribution is -2.04. The minimum atomic E-state index is -2.88. The number of hydrogen-bond acceptors (Lipinski definition) is 4. The third-order valence-electron chi connectivity index (χ3n) is 2.64. The molecule has 0 atom stereocenters. The van der Waals surface area contributed by atoms with Crippen LogP contribution < -0.4 is 14.8 Å². The molecule has 0 aliphatic heterocycles. The molecule has 1 aromatic heterocycles. The van der Waals surface area contributed by atoms with Gasteiger partial charge in [0.1, 0.15) is 0 Å². The van der Waals surface area contributed by atoms with E-state index in [1.165, 1.54) is 22.9 Å². The van der Waals surface area contributed by atoms with Crippen LogP contribution in [0.1, 0.15) is 9.75 Å². The second-order valence-electron chi connectivity index (χ2n) is 4.11. The Morgan fingerprint density at radius 2 is 2.00 bits per heavy atom. The van der Waals surface area contributed by atoms with E-state index in [1.807, 2.05) is 19.1 Å². The highest BCUT2D eigenvalue weighted by Gasteiger charge is 2.11. The highest BCUT2D eigenvalue weighted by atomic mass is 32.1. The van der Waals surface area contributed by atoms with Crippen molar-refractivity contribution in [2.75, 3.05) is 12.4 Å². The van der Waals surface area contributed by atoms with Crippen molar-refractivity contribution in [1.82, 2.24) is 0 Å². The van der Waals surface area contributed by atoms with Crippen molar-refractivity contribution in [2.24, 2.45) is 0 Å². The average molecular weight is 299 g/mol. The summed E-state index contributed by atoms with van der Waals surface area (Å²) in [6.07, 6.45) is 0. The van der Waals surface area contributed by atoms with Gasteiger partial charge in [-0.25, -0.2) is 0 Å². The van der Waals surface area contributed by atoms with Crippen LogP contribution >= 0.6 is 11.3 Å². The lowest BCUT2D eigenvalue weighted by molar-refractivity contribution is -0.0511. The Kier molecular flexibility index (Phi) is 4.79. The molecule has 20 heavy (non-hydrogen) atoms. The predicted molar refractivity (Wildman–Crippen MR) is 76.0 cm³/mol. The topological polar surface area (TPSA) is 30.5 Å². The first-order valence-electron chi connectivity index (χ1n) is 6.00. The summed E-state index contributed by atoms with van der Waals surface area (Å²) in [5.74, 6) is 0.303. The van der Waals surface area contributed by atoms with Crippen LogP contribution in [0.2, 0.25) is 0 Å². The van der Waals surface area contributed by atoms with Gasteiger partial charge in [-0.2, -0.15) is 8.78 Å². The lowest BCUT2D eigenvalue weighted by atomic mass is 10.2. The number of nitrogens with one attached hydrogen (secondary N) is 1. The molecule has 1 N–H and O–H groups in total. The SMILES string of the molecule is COc1ccc(NCc2ccc(C)s2)cc1OC(F)F. The van der Waals surface area contributed by atoms with Crippen molar-refractivity contribution in [2.45, 2.75) is 20.1 Å². The molecule has 108 valence electrons. The van der Waals surface area contributed by atoms with Crippen molar-refractivity contribution in [1.29, 1.82) is 0 Å². The first kappa shape index (κ1) is 14.6. The zero-order valence-electron chi connectivity index (χ0n) is 11.2. The number of aryl methyl sites for hydroxylation is 1. The fourth-order valence-corrected chi connectivity index (χ4v) is 2.57. The van der Waals surface area contributed by atoms with E-state index in [1.54, 1.807) is 23.5 Å². The van der Waals surface area contributed by atoms with Gasteiger partial charge in [-0.1, -0.05) is 0 Å². The third-order valence-corrected chi connectivity index (χ3v) is 3.64. The van der Waals surface area contributed by atoms with Crippen LogP contribution in [0, 0.1) is 6.92 Å². The molecule has 0 spiro atoms. The molecular formula is C14H15F2NO2S. The summed E-state index contributed by atoms with van der Waals surface area (Å²) in [6, 6.07) is 8.94. The molecule has 3 nitrogen and oxygen atoms in total. The van der Waals surface area contributed by atoms with Crippen LogP contribution in [-0.2, 0) is 6.54 Å². The number of methoxy groups -OCH3 is 1. The van der Waals surface area contributed by atoms with Gasteiger partial charge in [0.15, 0.2) is 11.5 Å². The summed E-state index contributed by atoms with van der Waals surface area (Å²) >= 11 is 1.69. The van der Waals surface area contributed by atoms with Crippen molar-refractivity contribution in [3.05, 3.63) is 40.1 Å². The van der Waals surface area contributed by atoms with Gasteiger partial charge in [0.25, 0.3) is 0 Å². The van der Waals surface area contributed by atoms with E-state index in [-0.39, 0.29) is 11.5 Å². The van der Waals surface area contributed by atoms with Gasteiger partial charge >= 0.3 is 6.61 Å². The molecule has 2 aromatic rings. The van der Waals surface area contributed by atoms with Crippen LogP contribution in [0.25, 0.3) is 0 Å². The maximum Gasteiger partial charge on any atom is 0.387 e. The summed E-state index contributed by atoms with van der Waals surface area (Å²) in [6.45, 7) is -0.200. The largest absolute Gasteiger partial charge is 0.493 e. The highest BCUT2D eigenvalue weighted by molar-refractivity contribution is 7.11. The molecule has 0 radical (unpaired) electrons. The Morgan fingerprint density at radius 3 is 2.60 bits per heavy atom. The molecular weight excluding hydrogens is 284 g/mol. The highest BCUT2D eigenvalue weighted by Crippen LogP contribution is 2.31. The normalized spacial score (nSPS) is 10.7. The van der Waals surface area contributed by atoms with Crippen LogP contribution in [0.4, 0.5) is 14.5 Å². The van der Waals surface area contributed by atoms with Crippen molar-refractivity contribution in [3.63, 3.8) is 0 Å². The number of benzene rings is 1. The monoisotopic (exact) mass is 299 g/mol. The molecule has 0 aliphatic rings.